The van der Waals surface area contributed by atoms with E-state index in [2.05, 4.69) is 15.3 Å². The number of carbonyl (C=O) groups is 1. The van der Waals surface area contributed by atoms with Crippen LogP contribution in [0.1, 0.15) is 10.4 Å². The molecule has 0 atom stereocenters. The fraction of sp³-hybridized carbons (Fsp3) is 0. The van der Waals surface area contributed by atoms with Crippen LogP contribution in [-0.2, 0) is 0 Å². The molecule has 2 heterocycles. The Morgan fingerprint density at radius 3 is 2.50 bits per heavy atom. The number of hydrogen-bond donors (Lipinski definition) is 1. The van der Waals surface area contributed by atoms with Gasteiger partial charge in [0.05, 0.1) is 10.6 Å². The second kappa shape index (κ2) is 5.52. The third-order valence-corrected chi connectivity index (χ3v) is 2.75. The highest BCUT2D eigenvalue weighted by Gasteiger charge is 2.12. The van der Waals surface area contributed by atoms with Gasteiger partial charge in [0.1, 0.15) is 16.1 Å². The van der Waals surface area contributed by atoms with E-state index in [1.807, 2.05) is 0 Å². The molecule has 0 bridgehead atoms. The number of nitrogens with one attached hydrogen (secondary N) is 1. The molecule has 2 aromatic rings. The van der Waals surface area contributed by atoms with E-state index in [-0.39, 0.29) is 15.9 Å². The fourth-order valence-electron chi connectivity index (χ4n) is 1.21. The predicted octanol–water partition coefficient (Wildman–Crippen LogP) is 3.69. The molecule has 4 nitrogen and oxygen atoms in total. The maximum atomic E-state index is 11.9. The van der Waals surface area contributed by atoms with Crippen molar-refractivity contribution in [1.29, 1.82) is 0 Å². The summed E-state index contributed by atoms with van der Waals surface area (Å²) in [6.45, 7) is 0. The molecule has 0 aliphatic heterocycles. The van der Waals surface area contributed by atoms with E-state index in [0.29, 0.717) is 10.8 Å². The van der Waals surface area contributed by atoms with Crippen molar-refractivity contribution in [2.45, 2.75) is 0 Å². The van der Waals surface area contributed by atoms with Gasteiger partial charge in [-0.3, -0.25) is 4.79 Å². The van der Waals surface area contributed by atoms with Crippen molar-refractivity contribution in [1.82, 2.24) is 9.97 Å². The van der Waals surface area contributed by atoms with Crippen LogP contribution in [0.3, 0.4) is 0 Å². The second-order valence-electron chi connectivity index (χ2n) is 3.29. The lowest BCUT2D eigenvalue weighted by Crippen LogP contribution is -2.13. The lowest BCUT2D eigenvalue weighted by atomic mass is 10.2. The summed E-state index contributed by atoms with van der Waals surface area (Å²) in [7, 11) is 0. The predicted molar refractivity (Wildman–Crippen MR) is 71.5 cm³/mol. The molecule has 1 amide bonds. The van der Waals surface area contributed by atoms with Crippen molar-refractivity contribution in [2.75, 3.05) is 5.32 Å². The van der Waals surface area contributed by atoms with Gasteiger partial charge in [0.15, 0.2) is 0 Å². The molecule has 2 rings (SSSR count). The van der Waals surface area contributed by atoms with Gasteiger partial charge >= 0.3 is 0 Å². The van der Waals surface area contributed by atoms with Gasteiger partial charge in [0.25, 0.3) is 5.91 Å². The van der Waals surface area contributed by atoms with Crippen molar-refractivity contribution in [3.8, 4) is 0 Å². The molecule has 0 aliphatic rings. The maximum Gasteiger partial charge on any atom is 0.259 e. The minimum Gasteiger partial charge on any atom is -0.306 e. The van der Waals surface area contributed by atoms with Gasteiger partial charge in [-0.05, 0) is 24.3 Å². The first-order chi connectivity index (χ1) is 8.56. The van der Waals surface area contributed by atoms with Crippen LogP contribution in [0.15, 0.2) is 30.5 Å². The van der Waals surface area contributed by atoms with Crippen LogP contribution < -0.4 is 5.32 Å². The van der Waals surface area contributed by atoms with E-state index in [1.54, 1.807) is 12.1 Å². The summed E-state index contributed by atoms with van der Waals surface area (Å²) in [6.07, 6.45) is 1.43. The van der Waals surface area contributed by atoms with E-state index < -0.39 is 5.91 Å². The maximum absolute atomic E-state index is 11.9. The largest absolute Gasteiger partial charge is 0.306 e. The summed E-state index contributed by atoms with van der Waals surface area (Å²) in [5.41, 5.74) is 0.220. The molecule has 0 saturated carbocycles. The minimum absolute atomic E-state index is 0.0361. The van der Waals surface area contributed by atoms with Crippen LogP contribution in [0, 0.1) is 0 Å². The van der Waals surface area contributed by atoms with Crippen LogP contribution in [0.25, 0.3) is 0 Å². The van der Waals surface area contributed by atoms with Crippen LogP contribution >= 0.6 is 34.8 Å². The lowest BCUT2D eigenvalue weighted by Gasteiger charge is -2.05. The van der Waals surface area contributed by atoms with Crippen molar-refractivity contribution in [3.05, 3.63) is 51.4 Å². The summed E-state index contributed by atoms with van der Waals surface area (Å²) >= 11 is 17.1. The Morgan fingerprint density at radius 2 is 1.89 bits per heavy atom. The van der Waals surface area contributed by atoms with Crippen LogP contribution in [0.5, 0.6) is 0 Å². The second-order valence-corrected chi connectivity index (χ2v) is 4.47. The molecule has 2 aromatic heterocycles. The number of nitrogens with zero attached hydrogens (tertiary/aromatic N) is 2. The number of rotatable bonds is 2. The number of hydrogen-bond acceptors (Lipinski definition) is 3. The van der Waals surface area contributed by atoms with Crippen LogP contribution in [-0.4, -0.2) is 15.9 Å². The van der Waals surface area contributed by atoms with E-state index in [1.165, 1.54) is 18.3 Å². The third kappa shape index (κ3) is 3.10. The Kier molecular flexibility index (Phi) is 4.01. The number of anilines is 1. The first-order valence-electron chi connectivity index (χ1n) is 4.81. The lowest BCUT2D eigenvalue weighted by molar-refractivity contribution is 0.102. The smallest absolute Gasteiger partial charge is 0.259 e. The van der Waals surface area contributed by atoms with Gasteiger partial charge in [-0.15, -0.1) is 0 Å². The zero-order chi connectivity index (χ0) is 13.1. The average molecular weight is 303 g/mol. The summed E-state index contributed by atoms with van der Waals surface area (Å²) in [4.78, 5) is 19.6. The fourth-order valence-corrected chi connectivity index (χ4v) is 1.76. The Labute approximate surface area is 118 Å². The van der Waals surface area contributed by atoms with Gasteiger partial charge in [0, 0.05) is 6.20 Å². The summed E-state index contributed by atoms with van der Waals surface area (Å²) in [5.74, 6) is -0.0468. The molecule has 0 aromatic carbocycles. The average Bonchev–Trinajstić information content (AvgIpc) is 2.32. The quantitative estimate of drug-likeness (QED) is 0.861. The van der Waals surface area contributed by atoms with Crippen molar-refractivity contribution >= 4 is 46.5 Å². The van der Waals surface area contributed by atoms with Gasteiger partial charge in [-0.1, -0.05) is 34.8 Å². The molecule has 0 unspecified atom stereocenters. The first kappa shape index (κ1) is 13.1. The Bertz CT molecular complexity index is 587. The molecule has 1 N–H and O–H groups in total. The molecule has 92 valence electrons. The van der Waals surface area contributed by atoms with E-state index in [9.17, 15) is 4.79 Å². The number of amides is 1. The molecule has 7 heteroatoms. The van der Waals surface area contributed by atoms with Gasteiger partial charge in [0.2, 0.25) is 0 Å². The molecule has 0 radical (unpaired) electrons. The molecule has 0 fully saturated rings. The number of pyridine rings is 2. The highest BCUT2D eigenvalue weighted by atomic mass is 35.5. The van der Waals surface area contributed by atoms with Crippen LogP contribution in [0.2, 0.25) is 15.3 Å². The monoisotopic (exact) mass is 301 g/mol. The minimum atomic E-state index is -0.418. The summed E-state index contributed by atoms with van der Waals surface area (Å²) in [6, 6.07) is 6.17. The first-order valence-corrected chi connectivity index (χ1v) is 5.94. The van der Waals surface area contributed by atoms with Crippen molar-refractivity contribution < 1.29 is 4.79 Å². The Hall–Kier alpha value is -1.36. The SMILES string of the molecule is O=C(Nc1ccc(Cl)cn1)c1ccc(Cl)nc1Cl. The highest BCUT2D eigenvalue weighted by Crippen LogP contribution is 2.18. The van der Waals surface area contributed by atoms with Gasteiger partial charge < -0.3 is 5.32 Å². The zero-order valence-corrected chi connectivity index (χ0v) is 11.1. The Morgan fingerprint density at radius 1 is 1.11 bits per heavy atom. The molecule has 0 saturated heterocycles. The normalized spacial score (nSPS) is 10.2. The molecular weight excluding hydrogens is 296 g/mol. The van der Waals surface area contributed by atoms with Gasteiger partial charge in [-0.2, -0.15) is 0 Å². The number of carbonyl (C=O) groups excluding carboxylic acids is 1. The Balaban J connectivity index is 2.19. The summed E-state index contributed by atoms with van der Waals surface area (Å²) < 4.78 is 0. The van der Waals surface area contributed by atoms with Crippen LogP contribution in [0.4, 0.5) is 5.82 Å². The highest BCUT2D eigenvalue weighted by molar-refractivity contribution is 6.35. The van der Waals surface area contributed by atoms with Crippen molar-refractivity contribution in [3.63, 3.8) is 0 Å². The topological polar surface area (TPSA) is 54.9 Å². The van der Waals surface area contributed by atoms with E-state index in [4.69, 9.17) is 34.8 Å². The third-order valence-electron chi connectivity index (χ3n) is 2.03. The molecular formula is C11H6Cl3N3O. The van der Waals surface area contributed by atoms with Crippen molar-refractivity contribution in [2.24, 2.45) is 0 Å². The zero-order valence-electron chi connectivity index (χ0n) is 8.82. The number of aromatic nitrogens is 2. The summed E-state index contributed by atoms with van der Waals surface area (Å²) in [5, 5.41) is 3.31. The molecule has 0 spiro atoms. The molecule has 0 aliphatic carbocycles. The molecule has 18 heavy (non-hydrogen) atoms. The number of halogens is 3. The van der Waals surface area contributed by atoms with Gasteiger partial charge in [-0.25, -0.2) is 9.97 Å². The van der Waals surface area contributed by atoms with E-state index in [0.717, 1.165) is 0 Å². The standard InChI is InChI=1S/C11H6Cl3N3O/c12-6-1-4-9(15-5-6)17-11(18)7-2-3-8(13)16-10(7)14/h1-5H,(H,15,17,18). The van der Waals surface area contributed by atoms with E-state index >= 15 is 0 Å².